The molecule has 0 unspecified atom stereocenters. The van der Waals surface area contributed by atoms with Gasteiger partial charge in [0.15, 0.2) is 12.4 Å². The monoisotopic (exact) mass is 405 g/mol. The van der Waals surface area contributed by atoms with Gasteiger partial charge in [-0.1, -0.05) is 24.3 Å². The molecule has 0 saturated carbocycles. The Morgan fingerprint density at radius 3 is 2.25 bits per heavy atom. The van der Waals surface area contributed by atoms with Crippen molar-refractivity contribution < 1.29 is 32.3 Å². The van der Waals surface area contributed by atoms with Crippen molar-refractivity contribution >= 4 is 27.6 Å². The Hall–Kier alpha value is -3.04. The Kier molecular flexibility index (Phi) is 7.02. The van der Waals surface area contributed by atoms with Crippen LogP contribution in [-0.2, 0) is 19.6 Å². The predicted molar refractivity (Wildman–Crippen MR) is 99.9 cm³/mol. The van der Waals surface area contributed by atoms with Crippen molar-refractivity contribution in [3.05, 3.63) is 59.7 Å². The molecule has 0 aliphatic carbocycles. The first-order valence-corrected chi connectivity index (χ1v) is 9.65. The number of methoxy groups -OCH3 is 1. The highest BCUT2D eigenvalue weighted by molar-refractivity contribution is 7.89. The highest BCUT2D eigenvalue weighted by Gasteiger charge is 2.18. The van der Waals surface area contributed by atoms with Crippen LogP contribution in [0.1, 0.15) is 27.6 Å². The van der Waals surface area contributed by atoms with E-state index in [1.165, 1.54) is 44.4 Å². The molecule has 2 rings (SSSR count). The summed E-state index contributed by atoms with van der Waals surface area (Å²) in [6.07, 6.45) is 0. The summed E-state index contributed by atoms with van der Waals surface area (Å²) in [5.41, 5.74) is 0.622. The standard InChI is InChI=1S/C19H19NO7S/c1-13(21)14-7-9-15(10-8-14)28(24,25)20-11-19(23)27-12-17(22)16-5-3-4-6-18(16)26-2/h3-10,20H,11-12H2,1-2H3. The fourth-order valence-electron chi connectivity index (χ4n) is 2.26. The Bertz CT molecular complexity index is 982. The van der Waals surface area contributed by atoms with E-state index >= 15 is 0 Å². The second-order valence-electron chi connectivity index (χ2n) is 5.69. The number of benzene rings is 2. The number of carbonyl (C=O) groups excluding carboxylic acids is 3. The lowest BCUT2D eigenvalue weighted by atomic mass is 10.1. The summed E-state index contributed by atoms with van der Waals surface area (Å²) in [5, 5.41) is 0. The second-order valence-corrected chi connectivity index (χ2v) is 7.46. The Balaban J connectivity index is 1.91. The number of carbonyl (C=O) groups is 3. The third-order valence-electron chi connectivity index (χ3n) is 3.75. The molecule has 0 aliphatic rings. The molecule has 0 spiro atoms. The van der Waals surface area contributed by atoms with Gasteiger partial charge in [-0.05, 0) is 31.2 Å². The smallest absolute Gasteiger partial charge is 0.321 e. The van der Waals surface area contributed by atoms with Gasteiger partial charge in [0, 0.05) is 5.56 Å². The van der Waals surface area contributed by atoms with Gasteiger partial charge in [-0.3, -0.25) is 14.4 Å². The lowest BCUT2D eigenvalue weighted by Gasteiger charge is -2.09. The van der Waals surface area contributed by atoms with E-state index in [0.717, 1.165) is 0 Å². The zero-order valence-corrected chi connectivity index (χ0v) is 16.1. The zero-order valence-electron chi connectivity index (χ0n) is 15.3. The molecule has 0 atom stereocenters. The van der Waals surface area contributed by atoms with Crippen LogP contribution < -0.4 is 9.46 Å². The topological polar surface area (TPSA) is 116 Å². The van der Waals surface area contributed by atoms with Gasteiger partial charge in [-0.25, -0.2) is 8.42 Å². The predicted octanol–water partition coefficient (Wildman–Crippen LogP) is 1.60. The molecular formula is C19H19NO7S. The van der Waals surface area contributed by atoms with E-state index in [2.05, 4.69) is 4.72 Å². The summed E-state index contributed by atoms with van der Waals surface area (Å²) in [6, 6.07) is 11.7. The highest BCUT2D eigenvalue weighted by atomic mass is 32.2. The van der Waals surface area contributed by atoms with Crippen LogP contribution in [0.15, 0.2) is 53.4 Å². The van der Waals surface area contributed by atoms with Gasteiger partial charge in [0.1, 0.15) is 12.3 Å². The van der Waals surface area contributed by atoms with Crippen LogP contribution >= 0.6 is 0 Å². The van der Waals surface area contributed by atoms with Crippen molar-refractivity contribution in [3.8, 4) is 5.75 Å². The first kappa shape index (κ1) is 21.3. The largest absolute Gasteiger partial charge is 0.496 e. The van der Waals surface area contributed by atoms with E-state index < -0.39 is 34.9 Å². The Morgan fingerprint density at radius 2 is 1.64 bits per heavy atom. The average Bonchev–Trinajstić information content (AvgIpc) is 2.70. The van der Waals surface area contributed by atoms with E-state index in [9.17, 15) is 22.8 Å². The van der Waals surface area contributed by atoms with E-state index in [-0.39, 0.29) is 16.2 Å². The van der Waals surface area contributed by atoms with Crippen molar-refractivity contribution in [2.75, 3.05) is 20.3 Å². The van der Waals surface area contributed by atoms with Crippen LogP contribution in [0, 0.1) is 0 Å². The molecule has 0 saturated heterocycles. The molecule has 9 heteroatoms. The minimum absolute atomic E-state index is 0.101. The normalized spacial score (nSPS) is 10.9. The maximum atomic E-state index is 12.2. The van der Waals surface area contributed by atoms with Gasteiger partial charge in [0.2, 0.25) is 15.8 Å². The highest BCUT2D eigenvalue weighted by Crippen LogP contribution is 2.17. The van der Waals surface area contributed by atoms with Crippen LogP contribution in [0.4, 0.5) is 0 Å². The molecule has 28 heavy (non-hydrogen) atoms. The van der Waals surface area contributed by atoms with Gasteiger partial charge in [0.25, 0.3) is 0 Å². The van der Waals surface area contributed by atoms with Crippen LogP contribution in [0.25, 0.3) is 0 Å². The van der Waals surface area contributed by atoms with Crippen LogP contribution in [0.2, 0.25) is 0 Å². The molecule has 0 fully saturated rings. The van der Waals surface area contributed by atoms with Gasteiger partial charge in [0.05, 0.1) is 17.6 Å². The fraction of sp³-hybridized carbons (Fsp3) is 0.211. The molecule has 2 aromatic rings. The SMILES string of the molecule is COc1ccccc1C(=O)COC(=O)CNS(=O)(=O)c1ccc(C(C)=O)cc1. The van der Waals surface area contributed by atoms with E-state index in [1.54, 1.807) is 18.2 Å². The summed E-state index contributed by atoms with van der Waals surface area (Å²) in [4.78, 5) is 35.0. The van der Waals surface area contributed by atoms with Crippen LogP contribution in [-0.4, -0.2) is 46.2 Å². The summed E-state index contributed by atoms with van der Waals surface area (Å²) < 4.78 is 36.3. The zero-order chi connectivity index (χ0) is 20.7. The lowest BCUT2D eigenvalue weighted by molar-refractivity contribution is -0.141. The summed E-state index contributed by atoms with van der Waals surface area (Å²) in [6.45, 7) is 0.175. The number of Topliss-reactive ketones (excluding diaryl/α,β-unsaturated/α-hetero) is 2. The van der Waals surface area contributed by atoms with Crippen molar-refractivity contribution in [1.29, 1.82) is 0 Å². The first-order valence-electron chi connectivity index (χ1n) is 8.17. The number of ether oxygens (including phenoxy) is 2. The van der Waals surface area contributed by atoms with Gasteiger partial charge in [-0.15, -0.1) is 0 Å². The van der Waals surface area contributed by atoms with Gasteiger partial charge < -0.3 is 9.47 Å². The van der Waals surface area contributed by atoms with E-state index in [0.29, 0.717) is 11.3 Å². The number of para-hydroxylation sites is 1. The molecule has 0 radical (unpaired) electrons. The second kappa shape index (κ2) is 9.25. The molecule has 0 aliphatic heterocycles. The van der Waals surface area contributed by atoms with Crippen LogP contribution in [0.5, 0.6) is 5.75 Å². The lowest BCUT2D eigenvalue weighted by Crippen LogP contribution is -2.31. The molecule has 8 nitrogen and oxygen atoms in total. The van der Waals surface area contributed by atoms with E-state index in [1.807, 2.05) is 0 Å². The molecule has 148 valence electrons. The number of nitrogens with one attached hydrogen (secondary N) is 1. The number of esters is 1. The minimum Gasteiger partial charge on any atom is -0.496 e. The third kappa shape index (κ3) is 5.48. The summed E-state index contributed by atoms with van der Waals surface area (Å²) in [5.74, 6) is -1.24. The van der Waals surface area contributed by atoms with Crippen LogP contribution in [0.3, 0.4) is 0 Å². The molecule has 0 amide bonds. The quantitative estimate of drug-likeness (QED) is 0.498. The Morgan fingerprint density at radius 1 is 1.00 bits per heavy atom. The molecular weight excluding hydrogens is 386 g/mol. The summed E-state index contributed by atoms with van der Waals surface area (Å²) in [7, 11) is -2.55. The molecule has 0 heterocycles. The number of ketones is 2. The van der Waals surface area contributed by atoms with Gasteiger partial charge in [-0.2, -0.15) is 4.72 Å². The third-order valence-corrected chi connectivity index (χ3v) is 5.17. The van der Waals surface area contributed by atoms with Crippen molar-refractivity contribution in [2.45, 2.75) is 11.8 Å². The van der Waals surface area contributed by atoms with E-state index in [4.69, 9.17) is 9.47 Å². The van der Waals surface area contributed by atoms with Crippen molar-refractivity contribution in [2.24, 2.45) is 0 Å². The number of hydrogen-bond acceptors (Lipinski definition) is 7. The first-order chi connectivity index (χ1) is 13.2. The van der Waals surface area contributed by atoms with Crippen molar-refractivity contribution in [3.63, 3.8) is 0 Å². The summed E-state index contributed by atoms with van der Waals surface area (Å²) >= 11 is 0. The number of hydrogen-bond donors (Lipinski definition) is 1. The maximum Gasteiger partial charge on any atom is 0.321 e. The maximum absolute atomic E-state index is 12.2. The average molecular weight is 405 g/mol. The molecule has 0 bridgehead atoms. The Labute approximate surface area is 162 Å². The molecule has 0 aromatic heterocycles. The molecule has 2 aromatic carbocycles. The molecule has 1 N–H and O–H groups in total. The van der Waals surface area contributed by atoms with Crippen molar-refractivity contribution in [1.82, 2.24) is 4.72 Å². The number of rotatable bonds is 9. The fourth-order valence-corrected chi connectivity index (χ4v) is 3.22. The minimum atomic E-state index is -3.97. The van der Waals surface area contributed by atoms with Gasteiger partial charge >= 0.3 is 5.97 Å². The number of sulfonamides is 1.